The Morgan fingerprint density at radius 1 is 0.958 bits per heavy atom. The van der Waals surface area contributed by atoms with E-state index in [0.717, 1.165) is 12.8 Å². The maximum absolute atomic E-state index is 12.5. The Balaban J connectivity index is 2.09. The normalized spacial score (nSPS) is 23.7. The summed E-state index contributed by atoms with van der Waals surface area (Å²) in [4.78, 5) is 28.2. The molecule has 0 aromatic carbocycles. The van der Waals surface area contributed by atoms with Gasteiger partial charge >= 0.3 is 12.2 Å². The molecule has 7 nitrogen and oxygen atoms in total. The first-order chi connectivity index (χ1) is 10.8. The molecule has 1 aliphatic carbocycles. The minimum atomic E-state index is -0.560. The van der Waals surface area contributed by atoms with Crippen molar-refractivity contribution in [1.82, 2.24) is 9.80 Å². The van der Waals surface area contributed by atoms with Gasteiger partial charge in [-0.25, -0.2) is 9.59 Å². The zero-order valence-corrected chi connectivity index (χ0v) is 15.7. The van der Waals surface area contributed by atoms with E-state index in [0.29, 0.717) is 19.6 Å². The molecule has 1 saturated carbocycles. The van der Waals surface area contributed by atoms with Gasteiger partial charge in [-0.3, -0.25) is 4.90 Å². The molecule has 1 aliphatic heterocycles. The SMILES string of the molecule is CC(C)(C)OC(=O)N1CCN(C(=O)OC(C)(C)C)C(C2(N)CC2)C1. The molecule has 1 unspecified atom stereocenters. The average Bonchev–Trinajstić information content (AvgIpc) is 3.13. The van der Waals surface area contributed by atoms with E-state index >= 15 is 0 Å². The van der Waals surface area contributed by atoms with Crippen molar-refractivity contribution >= 4 is 12.2 Å². The first kappa shape index (κ1) is 18.8. The number of carbonyl (C=O) groups excluding carboxylic acids is 2. The molecule has 0 spiro atoms. The first-order valence-corrected chi connectivity index (χ1v) is 8.57. The molecule has 2 aliphatic rings. The van der Waals surface area contributed by atoms with Crippen LogP contribution in [-0.4, -0.2) is 64.4 Å². The average molecular weight is 341 g/mol. The van der Waals surface area contributed by atoms with E-state index in [1.54, 1.807) is 9.80 Å². The lowest BCUT2D eigenvalue weighted by atomic mass is 10.0. The topological polar surface area (TPSA) is 85.1 Å². The van der Waals surface area contributed by atoms with E-state index in [9.17, 15) is 9.59 Å². The highest BCUT2D eigenvalue weighted by Crippen LogP contribution is 2.40. The van der Waals surface area contributed by atoms with Crippen molar-refractivity contribution < 1.29 is 19.1 Å². The molecule has 1 saturated heterocycles. The molecule has 0 radical (unpaired) electrons. The highest BCUT2D eigenvalue weighted by molar-refractivity contribution is 5.71. The quantitative estimate of drug-likeness (QED) is 0.791. The van der Waals surface area contributed by atoms with E-state index in [1.165, 1.54) is 0 Å². The van der Waals surface area contributed by atoms with Crippen molar-refractivity contribution in [1.29, 1.82) is 0 Å². The van der Waals surface area contributed by atoms with Crippen LogP contribution in [0.15, 0.2) is 0 Å². The van der Waals surface area contributed by atoms with Crippen molar-refractivity contribution in [3.8, 4) is 0 Å². The third-order valence-corrected chi connectivity index (χ3v) is 4.15. The Morgan fingerprint density at radius 2 is 1.46 bits per heavy atom. The van der Waals surface area contributed by atoms with Crippen LogP contribution in [0.25, 0.3) is 0 Å². The summed E-state index contributed by atoms with van der Waals surface area (Å²) in [5.41, 5.74) is 4.83. The predicted octanol–water partition coefficient (Wildman–Crippen LogP) is 2.33. The van der Waals surface area contributed by atoms with E-state index in [1.807, 2.05) is 41.5 Å². The van der Waals surface area contributed by atoms with Crippen molar-refractivity contribution in [2.45, 2.75) is 77.2 Å². The highest BCUT2D eigenvalue weighted by atomic mass is 16.6. The van der Waals surface area contributed by atoms with Crippen molar-refractivity contribution in [2.75, 3.05) is 19.6 Å². The zero-order chi connectivity index (χ0) is 18.3. The number of amides is 2. The highest BCUT2D eigenvalue weighted by Gasteiger charge is 2.52. The molecule has 2 fully saturated rings. The first-order valence-electron chi connectivity index (χ1n) is 8.57. The predicted molar refractivity (Wildman–Crippen MR) is 90.7 cm³/mol. The Bertz CT molecular complexity index is 503. The maximum atomic E-state index is 12.5. The fourth-order valence-electron chi connectivity index (χ4n) is 2.78. The Kier molecular flexibility index (Phi) is 4.78. The van der Waals surface area contributed by atoms with Gasteiger partial charge in [-0.2, -0.15) is 0 Å². The molecule has 0 aromatic rings. The molecular weight excluding hydrogens is 310 g/mol. The molecule has 138 valence electrons. The standard InChI is InChI=1S/C17H31N3O4/c1-15(2,3)23-13(21)19-9-10-20(14(22)24-16(4,5)6)12(11-19)17(18)7-8-17/h12H,7-11,18H2,1-6H3. The van der Waals surface area contributed by atoms with Crippen LogP contribution in [0.3, 0.4) is 0 Å². The molecule has 2 rings (SSSR count). The summed E-state index contributed by atoms with van der Waals surface area (Å²) in [6.45, 7) is 12.2. The van der Waals surface area contributed by atoms with Crippen molar-refractivity contribution in [3.63, 3.8) is 0 Å². The van der Waals surface area contributed by atoms with Gasteiger partial charge in [-0.05, 0) is 54.4 Å². The van der Waals surface area contributed by atoms with Gasteiger partial charge in [0.2, 0.25) is 0 Å². The number of piperazine rings is 1. The number of nitrogens with zero attached hydrogens (tertiary/aromatic N) is 2. The second-order valence-electron chi connectivity index (χ2n) is 8.85. The van der Waals surface area contributed by atoms with Gasteiger partial charge in [0, 0.05) is 25.2 Å². The number of ether oxygens (including phenoxy) is 2. The van der Waals surface area contributed by atoms with Gasteiger partial charge in [0.1, 0.15) is 11.2 Å². The van der Waals surface area contributed by atoms with Crippen LogP contribution in [0, 0.1) is 0 Å². The zero-order valence-electron chi connectivity index (χ0n) is 15.7. The number of hydrogen-bond donors (Lipinski definition) is 1. The van der Waals surface area contributed by atoms with Crippen LogP contribution in [0.5, 0.6) is 0 Å². The fraction of sp³-hybridized carbons (Fsp3) is 0.882. The Morgan fingerprint density at radius 3 is 1.92 bits per heavy atom. The van der Waals surface area contributed by atoms with E-state index in [-0.39, 0.29) is 18.2 Å². The van der Waals surface area contributed by atoms with Gasteiger partial charge < -0.3 is 20.1 Å². The lowest BCUT2D eigenvalue weighted by Gasteiger charge is -2.44. The summed E-state index contributed by atoms with van der Waals surface area (Å²) >= 11 is 0. The van der Waals surface area contributed by atoms with Crippen LogP contribution < -0.4 is 5.73 Å². The third-order valence-electron chi connectivity index (χ3n) is 4.15. The van der Waals surface area contributed by atoms with E-state index in [2.05, 4.69) is 0 Å². The monoisotopic (exact) mass is 341 g/mol. The van der Waals surface area contributed by atoms with Crippen LogP contribution in [0.2, 0.25) is 0 Å². The molecule has 2 N–H and O–H groups in total. The molecule has 1 atom stereocenters. The van der Waals surface area contributed by atoms with Crippen LogP contribution in [-0.2, 0) is 9.47 Å². The summed E-state index contributed by atoms with van der Waals surface area (Å²) in [6.07, 6.45) is 0.965. The molecule has 2 amide bonds. The Hall–Kier alpha value is -1.50. The summed E-state index contributed by atoms with van der Waals surface area (Å²) in [5, 5.41) is 0. The van der Waals surface area contributed by atoms with Crippen molar-refractivity contribution in [2.24, 2.45) is 5.73 Å². The summed E-state index contributed by atoms with van der Waals surface area (Å²) in [7, 11) is 0. The molecule has 1 heterocycles. The second kappa shape index (κ2) is 6.10. The molecular formula is C17H31N3O4. The largest absolute Gasteiger partial charge is 0.444 e. The molecule has 24 heavy (non-hydrogen) atoms. The second-order valence-corrected chi connectivity index (χ2v) is 8.85. The van der Waals surface area contributed by atoms with Crippen LogP contribution in [0.4, 0.5) is 9.59 Å². The van der Waals surface area contributed by atoms with Crippen molar-refractivity contribution in [3.05, 3.63) is 0 Å². The minimum absolute atomic E-state index is 0.242. The van der Waals surface area contributed by atoms with Gasteiger partial charge in [0.05, 0.1) is 6.04 Å². The van der Waals surface area contributed by atoms with Gasteiger partial charge in [0.25, 0.3) is 0 Å². The van der Waals surface area contributed by atoms with Gasteiger partial charge in [-0.15, -0.1) is 0 Å². The number of nitrogens with two attached hydrogens (primary N) is 1. The van der Waals surface area contributed by atoms with E-state index < -0.39 is 16.7 Å². The number of carbonyl (C=O) groups is 2. The summed E-state index contributed by atoms with van der Waals surface area (Å²) in [6, 6.07) is -0.242. The molecule has 7 heteroatoms. The Labute approximate surface area is 144 Å². The van der Waals surface area contributed by atoms with Gasteiger partial charge in [0.15, 0.2) is 0 Å². The summed E-state index contributed by atoms with van der Waals surface area (Å²) in [5.74, 6) is 0. The third kappa shape index (κ3) is 4.75. The number of hydrogen-bond acceptors (Lipinski definition) is 5. The van der Waals surface area contributed by atoms with E-state index in [4.69, 9.17) is 15.2 Å². The van der Waals surface area contributed by atoms with Gasteiger partial charge in [-0.1, -0.05) is 0 Å². The number of rotatable bonds is 1. The lowest BCUT2D eigenvalue weighted by Crippen LogP contribution is -2.64. The minimum Gasteiger partial charge on any atom is -0.444 e. The maximum Gasteiger partial charge on any atom is 0.410 e. The fourth-order valence-corrected chi connectivity index (χ4v) is 2.78. The molecule has 0 aromatic heterocycles. The van der Waals surface area contributed by atoms with Crippen LogP contribution in [0.1, 0.15) is 54.4 Å². The molecule has 0 bridgehead atoms. The lowest BCUT2D eigenvalue weighted by molar-refractivity contribution is -0.0198. The van der Waals surface area contributed by atoms with Crippen LogP contribution >= 0.6 is 0 Å². The summed E-state index contributed by atoms with van der Waals surface area (Å²) < 4.78 is 10.9. The smallest absolute Gasteiger partial charge is 0.410 e.